The highest BCUT2D eigenvalue weighted by Crippen LogP contribution is 2.21. The minimum Gasteiger partial charge on any atom is -0.494 e. The van der Waals surface area contributed by atoms with Crippen molar-refractivity contribution in [2.75, 3.05) is 19.7 Å². The summed E-state index contributed by atoms with van der Waals surface area (Å²) in [7, 11) is 0. The third kappa shape index (κ3) is 4.78. The number of ether oxygens (including phenoxy) is 1. The van der Waals surface area contributed by atoms with Crippen molar-refractivity contribution in [3.8, 4) is 5.75 Å². The molecule has 2 rings (SSSR count). The van der Waals surface area contributed by atoms with Crippen molar-refractivity contribution in [2.45, 2.75) is 32.6 Å². The van der Waals surface area contributed by atoms with Crippen LogP contribution in [0.3, 0.4) is 0 Å². The number of hydrogen-bond donors (Lipinski definition) is 0. The number of piperidine rings is 1. The van der Waals surface area contributed by atoms with Crippen molar-refractivity contribution in [1.82, 2.24) is 4.90 Å². The van der Waals surface area contributed by atoms with Gasteiger partial charge >= 0.3 is 0 Å². The van der Waals surface area contributed by atoms with Gasteiger partial charge in [0.1, 0.15) is 5.75 Å². The van der Waals surface area contributed by atoms with E-state index in [9.17, 15) is 4.79 Å². The number of hydrogen-bond acceptors (Lipinski definition) is 2. The zero-order valence-corrected chi connectivity index (χ0v) is 13.3. The number of halogens is 1. The third-order valence-electron chi connectivity index (χ3n) is 3.76. The molecule has 0 bridgehead atoms. The molecule has 0 saturated carbocycles. The quantitative estimate of drug-likeness (QED) is 0.608. The molecule has 1 fully saturated rings. The molecule has 0 aliphatic carbocycles. The van der Waals surface area contributed by atoms with E-state index in [4.69, 9.17) is 16.3 Å². The highest BCUT2D eigenvalue weighted by Gasteiger charge is 2.17. The fraction of sp³-hybridized carbons (Fsp3) is 0.471. The minimum atomic E-state index is 0.221. The molecule has 1 amide bonds. The Balaban J connectivity index is 1.68. The lowest BCUT2D eigenvalue weighted by Crippen LogP contribution is -2.36. The van der Waals surface area contributed by atoms with E-state index in [-0.39, 0.29) is 5.91 Å². The average Bonchev–Trinajstić information content (AvgIpc) is 2.47. The molecule has 1 saturated heterocycles. The van der Waals surface area contributed by atoms with Gasteiger partial charge in [0.05, 0.1) is 6.61 Å². The molecular weight excluding hydrogens is 286 g/mol. The first-order chi connectivity index (χ1) is 10.1. The van der Waals surface area contributed by atoms with Gasteiger partial charge < -0.3 is 9.64 Å². The first-order valence-electron chi connectivity index (χ1n) is 7.39. The van der Waals surface area contributed by atoms with Crippen LogP contribution in [0.25, 0.3) is 0 Å². The molecule has 1 aromatic rings. The predicted octanol–water partition coefficient (Wildman–Crippen LogP) is 3.99. The van der Waals surface area contributed by atoms with Gasteiger partial charge in [0.25, 0.3) is 0 Å². The lowest BCUT2D eigenvalue weighted by molar-refractivity contribution is -0.131. The van der Waals surface area contributed by atoms with E-state index in [1.807, 2.05) is 30.0 Å². The minimum absolute atomic E-state index is 0.221. The third-order valence-corrected chi connectivity index (χ3v) is 4.18. The summed E-state index contributed by atoms with van der Waals surface area (Å²) in [5.41, 5.74) is 2.25. The van der Waals surface area contributed by atoms with Crippen LogP contribution >= 0.6 is 11.6 Å². The summed E-state index contributed by atoms with van der Waals surface area (Å²) in [6.07, 6.45) is 3.15. The van der Waals surface area contributed by atoms with Crippen molar-refractivity contribution < 1.29 is 9.53 Å². The molecule has 1 aliphatic rings. The van der Waals surface area contributed by atoms with Crippen molar-refractivity contribution >= 4 is 17.5 Å². The molecule has 0 spiro atoms. The number of carbonyl (C=O) groups excluding carboxylic acids is 1. The van der Waals surface area contributed by atoms with Crippen molar-refractivity contribution in [2.24, 2.45) is 0 Å². The molecule has 4 heteroatoms. The van der Waals surface area contributed by atoms with Crippen molar-refractivity contribution in [3.63, 3.8) is 0 Å². The van der Waals surface area contributed by atoms with Crippen molar-refractivity contribution in [1.29, 1.82) is 0 Å². The Bertz CT molecular complexity index is 518. The fourth-order valence-corrected chi connectivity index (χ4v) is 2.47. The summed E-state index contributed by atoms with van der Waals surface area (Å²) >= 11 is 5.97. The second-order valence-electron chi connectivity index (χ2n) is 5.49. The molecule has 0 aromatic heterocycles. The summed E-state index contributed by atoms with van der Waals surface area (Å²) in [5, 5.41) is 0.740. The monoisotopic (exact) mass is 307 g/mol. The maximum absolute atomic E-state index is 12.0. The summed E-state index contributed by atoms with van der Waals surface area (Å²) in [5.74, 6) is 1.03. The van der Waals surface area contributed by atoms with Crippen LogP contribution in [0.2, 0.25) is 5.02 Å². The second-order valence-corrected chi connectivity index (χ2v) is 5.90. The first-order valence-corrected chi connectivity index (χ1v) is 7.77. The zero-order valence-electron chi connectivity index (χ0n) is 12.5. The average molecular weight is 308 g/mol. The topological polar surface area (TPSA) is 29.5 Å². The Labute approximate surface area is 131 Å². The summed E-state index contributed by atoms with van der Waals surface area (Å²) < 4.78 is 5.65. The molecule has 114 valence electrons. The smallest absolute Gasteiger partial charge is 0.222 e. The molecular formula is C17H22ClNO2. The predicted molar refractivity (Wildman–Crippen MR) is 85.9 cm³/mol. The molecule has 0 unspecified atom stereocenters. The van der Waals surface area contributed by atoms with Crippen LogP contribution in [0.4, 0.5) is 0 Å². The van der Waals surface area contributed by atoms with Gasteiger partial charge in [0.15, 0.2) is 0 Å². The SMILES string of the molecule is C=C1CCN(C(=O)CCCOc2ccc(Cl)c(C)c2)CC1. The number of benzene rings is 1. The number of aryl methyl sites for hydroxylation is 1. The lowest BCUT2D eigenvalue weighted by atomic mass is 10.1. The Morgan fingerprint density at radius 1 is 1.38 bits per heavy atom. The van der Waals surface area contributed by atoms with Gasteiger partial charge in [0, 0.05) is 24.5 Å². The van der Waals surface area contributed by atoms with Gasteiger partial charge in [-0.2, -0.15) is 0 Å². The highest BCUT2D eigenvalue weighted by molar-refractivity contribution is 6.31. The van der Waals surface area contributed by atoms with Crippen LogP contribution in [0, 0.1) is 6.92 Å². The van der Waals surface area contributed by atoms with Gasteiger partial charge in [-0.3, -0.25) is 4.79 Å². The highest BCUT2D eigenvalue weighted by atomic mass is 35.5. The standard InChI is InChI=1S/C17H22ClNO2/c1-13-7-9-19(10-8-13)17(20)4-3-11-21-15-5-6-16(18)14(2)12-15/h5-6,12H,1,3-4,7-11H2,2H3. The number of nitrogens with zero attached hydrogens (tertiary/aromatic N) is 1. The van der Waals surface area contributed by atoms with Crippen LogP contribution in [0.15, 0.2) is 30.4 Å². The van der Waals surface area contributed by atoms with Crippen molar-refractivity contribution in [3.05, 3.63) is 40.9 Å². The lowest BCUT2D eigenvalue weighted by Gasteiger charge is -2.28. The summed E-state index contributed by atoms with van der Waals surface area (Å²) in [4.78, 5) is 14.0. The van der Waals surface area contributed by atoms with E-state index in [0.717, 1.165) is 48.7 Å². The van der Waals surface area contributed by atoms with Crippen LogP contribution in [-0.4, -0.2) is 30.5 Å². The maximum Gasteiger partial charge on any atom is 0.222 e. The molecule has 1 aliphatic heterocycles. The fourth-order valence-electron chi connectivity index (χ4n) is 2.35. The van der Waals surface area contributed by atoms with Gasteiger partial charge in [-0.1, -0.05) is 23.8 Å². The van der Waals surface area contributed by atoms with Crippen LogP contribution in [0.1, 0.15) is 31.2 Å². The normalized spacial score (nSPS) is 15.1. The molecule has 3 nitrogen and oxygen atoms in total. The largest absolute Gasteiger partial charge is 0.494 e. The number of likely N-dealkylation sites (tertiary alicyclic amines) is 1. The molecule has 0 radical (unpaired) electrons. The zero-order chi connectivity index (χ0) is 15.2. The second kappa shape index (κ2) is 7.51. The summed E-state index contributed by atoms with van der Waals surface area (Å²) in [6.45, 7) is 8.09. The van der Waals surface area contributed by atoms with E-state index in [2.05, 4.69) is 6.58 Å². The first kappa shape index (κ1) is 15.9. The van der Waals surface area contributed by atoms with E-state index in [0.29, 0.717) is 13.0 Å². The van der Waals surface area contributed by atoms with E-state index in [1.54, 1.807) is 0 Å². The van der Waals surface area contributed by atoms with Gasteiger partial charge in [-0.05, 0) is 49.9 Å². The molecule has 1 aromatic carbocycles. The molecule has 21 heavy (non-hydrogen) atoms. The van der Waals surface area contributed by atoms with E-state index < -0.39 is 0 Å². The Hall–Kier alpha value is -1.48. The van der Waals surface area contributed by atoms with Gasteiger partial charge in [-0.15, -0.1) is 0 Å². The number of carbonyl (C=O) groups is 1. The van der Waals surface area contributed by atoms with Crippen LogP contribution < -0.4 is 4.74 Å². The van der Waals surface area contributed by atoms with Gasteiger partial charge in [0.2, 0.25) is 5.91 Å². The molecule has 0 N–H and O–H groups in total. The van der Waals surface area contributed by atoms with E-state index in [1.165, 1.54) is 5.57 Å². The summed E-state index contributed by atoms with van der Waals surface area (Å²) in [6, 6.07) is 5.60. The van der Waals surface area contributed by atoms with Crippen LogP contribution in [0.5, 0.6) is 5.75 Å². The Kier molecular flexibility index (Phi) is 5.68. The van der Waals surface area contributed by atoms with E-state index >= 15 is 0 Å². The molecule has 1 heterocycles. The van der Waals surface area contributed by atoms with Gasteiger partial charge in [-0.25, -0.2) is 0 Å². The Morgan fingerprint density at radius 3 is 2.76 bits per heavy atom. The number of amides is 1. The maximum atomic E-state index is 12.0. The number of rotatable bonds is 5. The Morgan fingerprint density at radius 2 is 2.10 bits per heavy atom. The molecule has 0 atom stereocenters. The van der Waals surface area contributed by atoms with Crippen LogP contribution in [-0.2, 0) is 4.79 Å².